The third kappa shape index (κ3) is 2.60. The fraction of sp³-hybridized carbons (Fsp3) is 0. The molecule has 0 fully saturated rings. The van der Waals surface area contributed by atoms with Crippen LogP contribution in [0.25, 0.3) is 17.2 Å². The van der Waals surface area contributed by atoms with E-state index in [0.29, 0.717) is 17.7 Å². The minimum atomic E-state index is -0.555. The molecular weight excluding hydrogens is 219 g/mol. The molecule has 1 aromatic carbocycles. The third-order valence-corrected chi connectivity index (χ3v) is 2.20. The molecule has 0 unspecified atom stereocenters. The highest BCUT2D eigenvalue weighted by Gasteiger charge is 2.02. The van der Waals surface area contributed by atoms with Gasteiger partial charge in [-0.1, -0.05) is 24.3 Å². The van der Waals surface area contributed by atoms with E-state index in [1.54, 1.807) is 42.7 Å². The summed E-state index contributed by atoms with van der Waals surface area (Å²) in [6, 6.07) is 8.32. The molecule has 17 heavy (non-hydrogen) atoms. The average molecular weight is 228 g/mol. The summed E-state index contributed by atoms with van der Waals surface area (Å²) in [4.78, 5) is 18.3. The maximum absolute atomic E-state index is 13.3. The van der Waals surface area contributed by atoms with Crippen LogP contribution in [-0.2, 0) is 4.79 Å². The van der Waals surface area contributed by atoms with Gasteiger partial charge >= 0.3 is 0 Å². The smallest absolute Gasteiger partial charge is 0.159 e. The zero-order valence-corrected chi connectivity index (χ0v) is 8.88. The van der Waals surface area contributed by atoms with Gasteiger partial charge in [0, 0.05) is 29.6 Å². The summed E-state index contributed by atoms with van der Waals surface area (Å²) < 4.78 is 13.3. The monoisotopic (exact) mass is 228 g/mol. The number of hydrogen-bond acceptors (Lipinski definition) is 3. The van der Waals surface area contributed by atoms with Gasteiger partial charge in [0.2, 0.25) is 0 Å². The largest absolute Gasteiger partial charge is 0.298 e. The number of halogens is 1. The lowest BCUT2D eigenvalue weighted by atomic mass is 10.1. The molecule has 84 valence electrons. The zero-order valence-electron chi connectivity index (χ0n) is 8.88. The van der Waals surface area contributed by atoms with Crippen LogP contribution in [0.15, 0.2) is 48.8 Å². The summed E-state index contributed by atoms with van der Waals surface area (Å²) >= 11 is 0. The minimum absolute atomic E-state index is 0.358. The fourth-order valence-electron chi connectivity index (χ4n) is 1.38. The molecule has 0 aliphatic carbocycles. The molecule has 0 saturated carbocycles. The highest BCUT2D eigenvalue weighted by Crippen LogP contribution is 2.19. The first-order chi connectivity index (χ1) is 8.31. The summed E-state index contributed by atoms with van der Waals surface area (Å²) in [5, 5.41) is 0. The van der Waals surface area contributed by atoms with Crippen molar-refractivity contribution in [3.8, 4) is 11.4 Å². The number of allylic oxidation sites excluding steroid dienone is 1. The number of nitrogens with zero attached hydrogens (tertiary/aromatic N) is 2. The molecule has 0 aliphatic rings. The number of aromatic nitrogens is 2. The Morgan fingerprint density at radius 3 is 2.35 bits per heavy atom. The lowest BCUT2D eigenvalue weighted by Gasteiger charge is -2.00. The second-order valence-electron chi connectivity index (χ2n) is 3.30. The van der Waals surface area contributed by atoms with E-state index in [4.69, 9.17) is 0 Å². The quantitative estimate of drug-likeness (QED) is 0.599. The molecule has 0 saturated heterocycles. The van der Waals surface area contributed by atoms with Gasteiger partial charge in [0.1, 0.15) is 12.1 Å². The van der Waals surface area contributed by atoms with E-state index in [9.17, 15) is 9.18 Å². The van der Waals surface area contributed by atoms with Crippen molar-refractivity contribution in [3.05, 3.63) is 54.4 Å². The number of hydrogen-bond donors (Lipinski definition) is 0. The van der Waals surface area contributed by atoms with Crippen LogP contribution in [0.2, 0.25) is 0 Å². The molecule has 0 radical (unpaired) electrons. The van der Waals surface area contributed by atoms with Crippen LogP contribution in [0.5, 0.6) is 0 Å². The van der Waals surface area contributed by atoms with Gasteiger partial charge in [-0.05, 0) is 6.07 Å². The summed E-state index contributed by atoms with van der Waals surface area (Å²) in [5.41, 5.74) is 1.16. The van der Waals surface area contributed by atoms with E-state index < -0.39 is 5.83 Å². The molecule has 1 aromatic heterocycles. The van der Waals surface area contributed by atoms with Crippen molar-refractivity contribution >= 4 is 12.1 Å². The van der Waals surface area contributed by atoms with Crippen molar-refractivity contribution in [3.63, 3.8) is 0 Å². The van der Waals surface area contributed by atoms with Crippen molar-refractivity contribution in [2.75, 3.05) is 0 Å². The Morgan fingerprint density at radius 1 is 1.12 bits per heavy atom. The van der Waals surface area contributed by atoms with Crippen LogP contribution in [0.4, 0.5) is 4.39 Å². The Kier molecular flexibility index (Phi) is 3.35. The third-order valence-electron chi connectivity index (χ3n) is 2.20. The molecule has 0 spiro atoms. The van der Waals surface area contributed by atoms with E-state index in [2.05, 4.69) is 9.97 Å². The maximum Gasteiger partial charge on any atom is 0.159 e. The Hall–Kier alpha value is -2.36. The standard InChI is InChI=1S/C13H9FN2O/c14-12(6-9-17)10-2-4-11(5-3-10)13-15-7-1-8-16-13/h1-9H. The van der Waals surface area contributed by atoms with E-state index in [0.717, 1.165) is 11.6 Å². The van der Waals surface area contributed by atoms with Gasteiger partial charge in [-0.15, -0.1) is 0 Å². The molecule has 2 rings (SSSR count). The molecule has 0 atom stereocenters. The normalized spacial score (nSPS) is 11.2. The van der Waals surface area contributed by atoms with Crippen molar-refractivity contribution in [2.24, 2.45) is 0 Å². The lowest BCUT2D eigenvalue weighted by molar-refractivity contribution is -0.104. The second kappa shape index (κ2) is 5.12. The van der Waals surface area contributed by atoms with E-state index in [-0.39, 0.29) is 0 Å². The SMILES string of the molecule is O=CC=C(F)c1ccc(-c2ncccn2)cc1. The Balaban J connectivity index is 2.31. The highest BCUT2D eigenvalue weighted by molar-refractivity contribution is 5.78. The summed E-state index contributed by atoms with van der Waals surface area (Å²) in [6.07, 6.45) is 4.59. The molecular formula is C13H9FN2O. The molecule has 0 N–H and O–H groups in total. The maximum atomic E-state index is 13.3. The highest BCUT2D eigenvalue weighted by atomic mass is 19.1. The summed E-state index contributed by atoms with van der Waals surface area (Å²) in [6.45, 7) is 0. The van der Waals surface area contributed by atoms with Gasteiger partial charge in [0.25, 0.3) is 0 Å². The number of benzene rings is 1. The van der Waals surface area contributed by atoms with Crippen LogP contribution >= 0.6 is 0 Å². The Bertz CT molecular complexity index is 535. The van der Waals surface area contributed by atoms with E-state index in [1.807, 2.05) is 0 Å². The molecule has 0 aliphatic heterocycles. The number of aldehydes is 1. The Labute approximate surface area is 97.7 Å². The molecule has 2 aromatic rings. The molecule has 4 heteroatoms. The number of carbonyl (C=O) groups is 1. The topological polar surface area (TPSA) is 42.9 Å². The first-order valence-electron chi connectivity index (χ1n) is 5.00. The molecule has 0 bridgehead atoms. The first-order valence-corrected chi connectivity index (χ1v) is 5.00. The van der Waals surface area contributed by atoms with Crippen LogP contribution in [0.1, 0.15) is 5.56 Å². The van der Waals surface area contributed by atoms with Gasteiger partial charge in [-0.2, -0.15) is 0 Å². The average Bonchev–Trinajstić information content (AvgIpc) is 2.40. The van der Waals surface area contributed by atoms with Crippen LogP contribution < -0.4 is 0 Å². The van der Waals surface area contributed by atoms with Gasteiger partial charge < -0.3 is 0 Å². The second-order valence-corrected chi connectivity index (χ2v) is 3.30. The van der Waals surface area contributed by atoms with Crippen LogP contribution in [-0.4, -0.2) is 16.3 Å². The van der Waals surface area contributed by atoms with Gasteiger partial charge in [0.05, 0.1) is 0 Å². The number of rotatable bonds is 3. The minimum Gasteiger partial charge on any atom is -0.298 e. The van der Waals surface area contributed by atoms with E-state index >= 15 is 0 Å². The fourth-order valence-corrected chi connectivity index (χ4v) is 1.38. The van der Waals surface area contributed by atoms with Gasteiger partial charge in [0.15, 0.2) is 5.82 Å². The van der Waals surface area contributed by atoms with Crippen molar-refractivity contribution in [1.29, 1.82) is 0 Å². The number of carbonyl (C=O) groups excluding carboxylic acids is 1. The van der Waals surface area contributed by atoms with Crippen LogP contribution in [0.3, 0.4) is 0 Å². The predicted octanol–water partition coefficient (Wildman–Crippen LogP) is 2.65. The Morgan fingerprint density at radius 2 is 1.76 bits per heavy atom. The molecule has 1 heterocycles. The summed E-state index contributed by atoms with van der Waals surface area (Å²) in [7, 11) is 0. The summed E-state index contributed by atoms with van der Waals surface area (Å²) in [5.74, 6) is 0.0272. The predicted molar refractivity (Wildman–Crippen MR) is 62.6 cm³/mol. The zero-order chi connectivity index (χ0) is 12.1. The van der Waals surface area contributed by atoms with E-state index in [1.165, 1.54) is 0 Å². The van der Waals surface area contributed by atoms with Crippen LogP contribution in [0, 0.1) is 0 Å². The van der Waals surface area contributed by atoms with Crippen molar-refractivity contribution < 1.29 is 9.18 Å². The molecule has 0 amide bonds. The van der Waals surface area contributed by atoms with Gasteiger partial charge in [-0.3, -0.25) is 4.79 Å². The van der Waals surface area contributed by atoms with Crippen molar-refractivity contribution in [2.45, 2.75) is 0 Å². The van der Waals surface area contributed by atoms with Crippen molar-refractivity contribution in [1.82, 2.24) is 9.97 Å². The molecule has 3 nitrogen and oxygen atoms in total. The lowest BCUT2D eigenvalue weighted by Crippen LogP contribution is -1.87. The van der Waals surface area contributed by atoms with Gasteiger partial charge in [-0.25, -0.2) is 14.4 Å². The first kappa shape index (κ1) is 11.1.